The van der Waals surface area contributed by atoms with E-state index in [-0.39, 0.29) is 23.3 Å². The van der Waals surface area contributed by atoms with Crippen LogP contribution >= 0.6 is 0 Å². The molecular weight excluding hydrogens is 478 g/mol. The lowest BCUT2D eigenvalue weighted by atomic mass is 9.98. The van der Waals surface area contributed by atoms with E-state index < -0.39 is 5.60 Å². The number of nitrogens with zero attached hydrogens (tertiary/aromatic N) is 1. The molecule has 0 fully saturated rings. The lowest BCUT2D eigenvalue weighted by Gasteiger charge is -2.31. The average molecular weight is 526 g/mol. The lowest BCUT2D eigenvalue weighted by molar-refractivity contribution is -0.148. The smallest absolute Gasteiger partial charge is 0.252 e. The van der Waals surface area contributed by atoms with Crippen molar-refractivity contribution in [1.82, 2.24) is 15.5 Å². The topological polar surface area (TPSA) is 115 Å². The summed E-state index contributed by atoms with van der Waals surface area (Å²) in [5, 5.41) is 5.66. The summed E-state index contributed by atoms with van der Waals surface area (Å²) in [5.41, 5.74) is -0.491. The molecule has 37 heavy (non-hydrogen) atoms. The van der Waals surface area contributed by atoms with Crippen molar-refractivity contribution in [1.29, 1.82) is 0 Å². The molecule has 10 nitrogen and oxygen atoms in total. The summed E-state index contributed by atoms with van der Waals surface area (Å²) in [6.45, 7) is 14.9. The number of hydrogen-bond donors (Lipinski definition) is 2. The van der Waals surface area contributed by atoms with Crippen LogP contribution in [0.25, 0.3) is 0 Å². The molecule has 0 aromatic heterocycles. The number of amides is 3. The van der Waals surface area contributed by atoms with Crippen LogP contribution in [0.4, 0.5) is 0 Å². The molecule has 3 amide bonds. The van der Waals surface area contributed by atoms with E-state index in [0.717, 1.165) is 6.42 Å². The highest BCUT2D eigenvalue weighted by Gasteiger charge is 2.33. The second kappa shape index (κ2) is 17.3. The van der Waals surface area contributed by atoms with E-state index in [1.54, 1.807) is 25.0 Å². The minimum atomic E-state index is -0.895. The van der Waals surface area contributed by atoms with Crippen LogP contribution in [0.2, 0.25) is 0 Å². The summed E-state index contributed by atoms with van der Waals surface area (Å²) >= 11 is 0. The van der Waals surface area contributed by atoms with Crippen molar-refractivity contribution in [2.45, 2.75) is 71.0 Å². The maximum absolute atomic E-state index is 12.6. The quantitative estimate of drug-likeness (QED) is 0.221. The molecule has 10 heteroatoms. The number of carbonyl (C=O) groups excluding carboxylic acids is 3. The highest BCUT2D eigenvalue weighted by molar-refractivity contribution is 5.93. The van der Waals surface area contributed by atoms with Crippen molar-refractivity contribution in [3.8, 4) is 0 Å². The number of carbonyl (C=O) groups is 3. The monoisotopic (exact) mass is 525 g/mol. The van der Waals surface area contributed by atoms with Gasteiger partial charge in [0.25, 0.3) is 11.8 Å². The third-order valence-corrected chi connectivity index (χ3v) is 6.74. The fraction of sp³-hybridized carbons (Fsp3) is 0.741. The van der Waals surface area contributed by atoms with E-state index in [1.807, 2.05) is 13.8 Å². The Morgan fingerprint density at radius 2 is 1.62 bits per heavy atom. The second-order valence-corrected chi connectivity index (χ2v) is 9.44. The van der Waals surface area contributed by atoms with Crippen molar-refractivity contribution in [2.24, 2.45) is 0 Å². The van der Waals surface area contributed by atoms with Gasteiger partial charge in [-0.3, -0.25) is 14.4 Å². The fourth-order valence-corrected chi connectivity index (χ4v) is 3.48. The number of methoxy groups -OCH3 is 1. The first kappa shape index (κ1) is 32.8. The summed E-state index contributed by atoms with van der Waals surface area (Å²) in [7, 11) is 1.69. The van der Waals surface area contributed by atoms with Gasteiger partial charge < -0.3 is 34.5 Å². The minimum absolute atomic E-state index is 0.0815. The largest absolute Gasteiger partial charge is 0.378 e. The van der Waals surface area contributed by atoms with Gasteiger partial charge in [0.15, 0.2) is 0 Å². The van der Waals surface area contributed by atoms with Gasteiger partial charge in [-0.15, -0.1) is 0 Å². The number of allylic oxidation sites excluding steroid dienone is 1. The predicted molar refractivity (Wildman–Crippen MR) is 142 cm³/mol. The van der Waals surface area contributed by atoms with Gasteiger partial charge in [0.05, 0.1) is 38.6 Å². The predicted octanol–water partition coefficient (Wildman–Crippen LogP) is 2.33. The fourth-order valence-electron chi connectivity index (χ4n) is 3.48. The Morgan fingerprint density at radius 1 is 0.973 bits per heavy atom. The SMILES string of the molecule is C=C1C=CC(=O)N1CCCC(=O)NCCOCCOCCNC(=O)C(C)(CC)OCCC(C)(CC)OC. The van der Waals surface area contributed by atoms with Gasteiger partial charge in [-0.1, -0.05) is 20.4 Å². The molecule has 0 saturated heterocycles. The van der Waals surface area contributed by atoms with Crippen molar-refractivity contribution >= 4 is 17.7 Å². The first-order chi connectivity index (χ1) is 17.6. The molecule has 212 valence electrons. The summed E-state index contributed by atoms with van der Waals surface area (Å²) in [6, 6.07) is 0. The van der Waals surface area contributed by atoms with Crippen LogP contribution in [0, 0.1) is 0 Å². The van der Waals surface area contributed by atoms with E-state index >= 15 is 0 Å². The highest BCUT2D eigenvalue weighted by atomic mass is 16.5. The minimum Gasteiger partial charge on any atom is -0.378 e. The molecule has 0 aliphatic carbocycles. The Labute approximate surface area is 222 Å². The molecule has 2 N–H and O–H groups in total. The molecule has 0 radical (unpaired) electrons. The van der Waals surface area contributed by atoms with Crippen LogP contribution in [0.1, 0.15) is 59.8 Å². The number of rotatable bonds is 21. The van der Waals surface area contributed by atoms with E-state index in [1.165, 1.54) is 6.08 Å². The zero-order valence-corrected chi connectivity index (χ0v) is 23.4. The standard InChI is InChI=1S/C27H47N3O7/c1-7-26(4,34-6)13-17-37-27(5,8-2)25(33)29-15-19-36-21-20-35-18-14-28-23(31)10-9-16-30-22(3)11-12-24(30)32/h11-12H,3,7-10,13-21H2,1-2,4-6H3,(H,28,31)(H,29,33). The van der Waals surface area contributed by atoms with Crippen molar-refractivity contribution in [3.05, 3.63) is 24.4 Å². The van der Waals surface area contributed by atoms with Gasteiger partial charge in [-0.05, 0) is 45.6 Å². The molecule has 0 aromatic carbocycles. The maximum atomic E-state index is 12.6. The Bertz CT molecular complexity index is 749. The number of nitrogens with one attached hydrogen (secondary N) is 2. The van der Waals surface area contributed by atoms with E-state index in [9.17, 15) is 14.4 Å². The number of hydrogen-bond acceptors (Lipinski definition) is 7. The second-order valence-electron chi connectivity index (χ2n) is 9.44. The molecule has 1 heterocycles. The summed E-state index contributed by atoms with van der Waals surface area (Å²) in [5.74, 6) is -0.332. The van der Waals surface area contributed by atoms with Gasteiger partial charge in [0.2, 0.25) is 5.91 Å². The maximum Gasteiger partial charge on any atom is 0.252 e. The lowest BCUT2D eigenvalue weighted by Crippen LogP contribution is -2.47. The molecule has 1 rings (SSSR count). The summed E-state index contributed by atoms with van der Waals surface area (Å²) < 4.78 is 22.4. The van der Waals surface area contributed by atoms with Gasteiger partial charge in [0.1, 0.15) is 5.60 Å². The molecule has 2 unspecified atom stereocenters. The summed E-state index contributed by atoms with van der Waals surface area (Å²) in [6.07, 6.45) is 6.19. The van der Waals surface area contributed by atoms with Crippen LogP contribution in [0.15, 0.2) is 24.4 Å². The van der Waals surface area contributed by atoms with E-state index in [0.29, 0.717) is 84.0 Å². The molecule has 0 spiro atoms. The normalized spacial score (nSPS) is 16.5. The van der Waals surface area contributed by atoms with Gasteiger partial charge in [-0.2, -0.15) is 0 Å². The zero-order valence-electron chi connectivity index (χ0n) is 23.4. The van der Waals surface area contributed by atoms with Crippen molar-refractivity contribution in [3.63, 3.8) is 0 Å². The molecule has 0 aromatic rings. The Hall–Kier alpha value is -2.27. The average Bonchev–Trinajstić information content (AvgIpc) is 3.21. The van der Waals surface area contributed by atoms with Crippen molar-refractivity contribution in [2.75, 3.05) is 59.8 Å². The van der Waals surface area contributed by atoms with Crippen LogP contribution < -0.4 is 10.6 Å². The molecule has 2 atom stereocenters. The molecule has 0 saturated carbocycles. The van der Waals surface area contributed by atoms with Crippen LogP contribution in [0.5, 0.6) is 0 Å². The molecule has 0 bridgehead atoms. The Balaban J connectivity index is 2.03. The molecular formula is C27H47N3O7. The van der Waals surface area contributed by atoms with Gasteiger partial charge in [-0.25, -0.2) is 0 Å². The van der Waals surface area contributed by atoms with Crippen molar-refractivity contribution < 1.29 is 33.3 Å². The third-order valence-electron chi connectivity index (χ3n) is 6.74. The molecule has 1 aliphatic rings. The molecule has 1 aliphatic heterocycles. The van der Waals surface area contributed by atoms with Crippen LogP contribution in [-0.2, 0) is 33.3 Å². The zero-order chi connectivity index (χ0) is 27.7. The van der Waals surface area contributed by atoms with E-state index in [2.05, 4.69) is 24.1 Å². The van der Waals surface area contributed by atoms with Gasteiger partial charge >= 0.3 is 0 Å². The summed E-state index contributed by atoms with van der Waals surface area (Å²) in [4.78, 5) is 37.7. The highest BCUT2D eigenvalue weighted by Crippen LogP contribution is 2.22. The number of ether oxygens (including phenoxy) is 4. The van der Waals surface area contributed by atoms with Crippen LogP contribution in [-0.4, -0.2) is 93.6 Å². The first-order valence-electron chi connectivity index (χ1n) is 13.2. The first-order valence-corrected chi connectivity index (χ1v) is 13.2. The van der Waals surface area contributed by atoms with Crippen LogP contribution in [0.3, 0.4) is 0 Å². The van der Waals surface area contributed by atoms with Gasteiger partial charge in [0, 0.05) is 44.9 Å². The van der Waals surface area contributed by atoms with E-state index in [4.69, 9.17) is 18.9 Å². The Morgan fingerprint density at radius 3 is 2.16 bits per heavy atom. The third kappa shape index (κ3) is 12.2. The Kier molecular flexibility index (Phi) is 15.3.